The maximum Gasteiger partial charge on any atom is 0.416 e. The smallest absolute Gasteiger partial charge is 0.394 e. The molecule has 244 valence electrons. The molecule has 2 aromatic carbocycles. The van der Waals surface area contributed by atoms with E-state index in [1.165, 1.54) is 55.6 Å². The van der Waals surface area contributed by atoms with Crippen molar-refractivity contribution in [2.24, 2.45) is 0 Å². The third-order valence-electron chi connectivity index (χ3n) is 7.76. The summed E-state index contributed by atoms with van der Waals surface area (Å²) >= 11 is 0. The molecular formula is C31H34F5N3O5S. The fourth-order valence-corrected chi connectivity index (χ4v) is 6.06. The normalized spacial score (nSPS) is 18.4. The number of hydrogen-bond donors (Lipinski definition) is 2. The molecule has 1 fully saturated rings. The molecule has 0 spiro atoms. The Hall–Kier alpha value is -3.62. The van der Waals surface area contributed by atoms with Gasteiger partial charge < -0.3 is 20.1 Å². The number of piperidine rings is 1. The second kappa shape index (κ2) is 13.8. The van der Waals surface area contributed by atoms with E-state index in [1.807, 2.05) is 0 Å². The van der Waals surface area contributed by atoms with E-state index in [0.717, 1.165) is 12.1 Å². The van der Waals surface area contributed by atoms with Gasteiger partial charge in [-0.15, -0.1) is 0 Å². The zero-order valence-electron chi connectivity index (χ0n) is 24.6. The summed E-state index contributed by atoms with van der Waals surface area (Å²) in [4.78, 5) is 19.3. The van der Waals surface area contributed by atoms with E-state index in [4.69, 9.17) is 4.74 Å². The lowest BCUT2D eigenvalue weighted by Gasteiger charge is -2.41. The fraction of sp³-hybridized carbons (Fsp3) is 0.419. The lowest BCUT2D eigenvalue weighted by Crippen LogP contribution is -2.46. The number of aliphatic hydroxyl groups is 1. The quantitative estimate of drug-likeness (QED) is 0.254. The van der Waals surface area contributed by atoms with Gasteiger partial charge in [-0.05, 0) is 60.4 Å². The second-order valence-corrected chi connectivity index (χ2v) is 13.2. The number of benzene rings is 2. The zero-order valence-corrected chi connectivity index (χ0v) is 25.4. The van der Waals surface area contributed by atoms with Crippen molar-refractivity contribution in [1.29, 1.82) is 0 Å². The Labute approximate surface area is 258 Å². The summed E-state index contributed by atoms with van der Waals surface area (Å²) in [7, 11) is -3.42. The number of carbonyl (C=O) groups is 1. The zero-order chi connectivity index (χ0) is 33.0. The molecule has 3 aromatic rings. The Kier molecular flexibility index (Phi) is 10.5. The summed E-state index contributed by atoms with van der Waals surface area (Å²) in [6.45, 7) is 1.66. The number of aromatic nitrogens is 1. The van der Waals surface area contributed by atoms with E-state index in [1.54, 1.807) is 11.0 Å². The largest absolute Gasteiger partial charge is 0.416 e. The summed E-state index contributed by atoms with van der Waals surface area (Å²) in [6, 6.07) is 12.4. The van der Waals surface area contributed by atoms with Gasteiger partial charge in [0.05, 0.1) is 47.1 Å². The van der Waals surface area contributed by atoms with Crippen LogP contribution in [0.25, 0.3) is 0 Å². The topological polar surface area (TPSA) is 109 Å². The number of rotatable bonds is 11. The van der Waals surface area contributed by atoms with Crippen molar-refractivity contribution in [3.05, 3.63) is 89.1 Å². The van der Waals surface area contributed by atoms with Crippen LogP contribution in [0.3, 0.4) is 0 Å². The van der Waals surface area contributed by atoms with Crippen molar-refractivity contribution in [2.75, 3.05) is 30.4 Å². The van der Waals surface area contributed by atoms with Crippen molar-refractivity contribution in [1.82, 2.24) is 10.3 Å². The van der Waals surface area contributed by atoms with E-state index in [-0.39, 0.29) is 35.3 Å². The predicted molar refractivity (Wildman–Crippen MR) is 157 cm³/mol. The summed E-state index contributed by atoms with van der Waals surface area (Å²) in [5.41, 5.74) is 0.533. The Morgan fingerprint density at radius 3 is 2.24 bits per heavy atom. The van der Waals surface area contributed by atoms with Crippen molar-refractivity contribution < 1.29 is 45.0 Å². The summed E-state index contributed by atoms with van der Waals surface area (Å²) in [5.74, 6) is -0.478. The van der Waals surface area contributed by atoms with Crippen molar-refractivity contribution >= 4 is 21.6 Å². The number of nitrogens with one attached hydrogen (secondary N) is 1. The number of carbonyl (C=O) groups excluding carboxylic acids is 1. The van der Waals surface area contributed by atoms with Gasteiger partial charge in [-0.25, -0.2) is 13.4 Å². The van der Waals surface area contributed by atoms with Gasteiger partial charge in [-0.3, -0.25) is 4.79 Å². The third-order valence-corrected chi connectivity index (χ3v) is 9.51. The van der Waals surface area contributed by atoms with Crippen LogP contribution in [-0.2, 0) is 20.8 Å². The van der Waals surface area contributed by atoms with E-state index in [9.17, 15) is 40.3 Å². The van der Waals surface area contributed by atoms with Crippen LogP contribution in [0.1, 0.15) is 65.7 Å². The molecule has 1 unspecified atom stereocenters. The van der Waals surface area contributed by atoms with Gasteiger partial charge in [0.1, 0.15) is 5.82 Å². The Balaban J connectivity index is 1.50. The number of anilines is 1. The van der Waals surface area contributed by atoms with Crippen molar-refractivity contribution in [3.63, 3.8) is 0 Å². The van der Waals surface area contributed by atoms with E-state index >= 15 is 0 Å². The van der Waals surface area contributed by atoms with Gasteiger partial charge in [0.25, 0.3) is 5.91 Å². The van der Waals surface area contributed by atoms with E-state index < -0.39 is 52.3 Å². The highest BCUT2D eigenvalue weighted by Gasteiger charge is 2.34. The molecule has 1 saturated heterocycles. The van der Waals surface area contributed by atoms with Crippen LogP contribution in [0.2, 0.25) is 0 Å². The number of nitrogens with zero attached hydrogens (tertiary/aromatic N) is 2. The minimum absolute atomic E-state index is 0.0680. The number of sulfone groups is 1. The third kappa shape index (κ3) is 8.76. The average molecular weight is 656 g/mol. The van der Waals surface area contributed by atoms with Crippen LogP contribution in [0, 0.1) is 0 Å². The maximum atomic E-state index is 13.5. The highest BCUT2D eigenvalue weighted by Crippen LogP contribution is 2.36. The first-order valence-electron chi connectivity index (χ1n) is 14.3. The van der Waals surface area contributed by atoms with Gasteiger partial charge in [0.2, 0.25) is 0 Å². The molecule has 0 saturated carbocycles. The molecule has 45 heavy (non-hydrogen) atoms. The first kappa shape index (κ1) is 34.3. The average Bonchev–Trinajstić information content (AvgIpc) is 3.02. The highest BCUT2D eigenvalue weighted by atomic mass is 32.2. The van der Waals surface area contributed by atoms with Crippen LogP contribution in [0.15, 0.2) is 71.8 Å². The molecule has 3 atom stereocenters. The lowest BCUT2D eigenvalue weighted by atomic mass is 9.87. The minimum Gasteiger partial charge on any atom is -0.394 e. The second-order valence-electron chi connectivity index (χ2n) is 10.9. The number of amides is 1. The van der Waals surface area contributed by atoms with E-state index in [2.05, 4.69) is 10.3 Å². The summed E-state index contributed by atoms with van der Waals surface area (Å²) < 4.78 is 95.2. The minimum atomic E-state index is -4.47. The molecule has 4 rings (SSSR count). The Morgan fingerprint density at radius 1 is 1.04 bits per heavy atom. The Morgan fingerprint density at radius 2 is 1.71 bits per heavy atom. The number of aliphatic hydroxyl groups excluding tert-OH is 1. The number of hydrogen-bond acceptors (Lipinski definition) is 7. The van der Waals surface area contributed by atoms with Gasteiger partial charge in [-0.1, -0.05) is 31.2 Å². The first-order valence-corrected chi connectivity index (χ1v) is 15.9. The van der Waals surface area contributed by atoms with Crippen molar-refractivity contribution in [3.8, 4) is 0 Å². The molecule has 2 N–H and O–H groups in total. The van der Waals surface area contributed by atoms with Crippen LogP contribution in [-0.4, -0.2) is 62.1 Å². The molecular weight excluding hydrogens is 621 g/mol. The van der Waals surface area contributed by atoms with Crippen LogP contribution >= 0.6 is 0 Å². The van der Waals surface area contributed by atoms with Gasteiger partial charge in [-0.2, -0.15) is 22.0 Å². The number of alkyl halides is 5. The highest BCUT2D eigenvalue weighted by molar-refractivity contribution is 7.91. The summed E-state index contributed by atoms with van der Waals surface area (Å²) in [5, 5.41) is 12.6. The standard InChI is InChI=1S/C31H34F5N3O5S/c1-3-45(42,43)26-13-7-21(8-14-26)27(18-40)38-29(41)22-9-15-28(37-16-22)39-17-23(6-12-25(39)19-44-30(2,32)33)20-4-10-24(11-5-20)31(34,35)36/h4-5,7-11,13-16,23,25,27,40H,3,6,12,17-19H2,1-2H3,(H,38,41)/t23?,25-,27-/m0/s1. The molecule has 1 aromatic heterocycles. The maximum absolute atomic E-state index is 13.5. The molecule has 14 heteroatoms. The monoisotopic (exact) mass is 655 g/mol. The number of ether oxygens (including phenoxy) is 1. The molecule has 2 heterocycles. The van der Waals surface area contributed by atoms with Gasteiger partial charge in [0.15, 0.2) is 9.84 Å². The number of halogens is 5. The molecule has 1 aliphatic rings. The Bertz CT molecular complexity index is 1540. The molecule has 0 bridgehead atoms. The van der Waals surface area contributed by atoms with Crippen LogP contribution in [0.4, 0.5) is 27.8 Å². The van der Waals surface area contributed by atoms with Crippen LogP contribution < -0.4 is 10.2 Å². The number of pyridine rings is 1. The van der Waals surface area contributed by atoms with E-state index in [0.29, 0.717) is 36.7 Å². The first-order chi connectivity index (χ1) is 21.1. The lowest BCUT2D eigenvalue weighted by molar-refractivity contribution is -0.226. The predicted octanol–water partition coefficient (Wildman–Crippen LogP) is 5.74. The summed E-state index contributed by atoms with van der Waals surface area (Å²) in [6.07, 6.45) is -5.60. The molecule has 8 nitrogen and oxygen atoms in total. The fourth-order valence-electron chi connectivity index (χ4n) is 5.18. The van der Waals surface area contributed by atoms with Gasteiger partial charge in [0, 0.05) is 25.6 Å². The molecule has 1 aliphatic heterocycles. The van der Waals surface area contributed by atoms with Crippen molar-refractivity contribution in [2.45, 2.75) is 61.9 Å². The van der Waals surface area contributed by atoms with Crippen LogP contribution in [0.5, 0.6) is 0 Å². The SMILES string of the molecule is CCS(=O)(=O)c1ccc([C@H](CO)NC(=O)c2ccc(N3CC(c4ccc(C(F)(F)F)cc4)CC[C@H]3COC(C)(F)F)nc2)cc1. The molecule has 0 radical (unpaired) electrons. The molecule has 0 aliphatic carbocycles. The molecule has 1 amide bonds. The van der Waals surface area contributed by atoms with Gasteiger partial charge >= 0.3 is 12.3 Å².